The molecule has 0 bridgehead atoms. The Hall–Kier alpha value is -2.03. The van der Waals surface area contributed by atoms with Crippen molar-refractivity contribution in [1.29, 1.82) is 0 Å². The minimum absolute atomic E-state index is 0.271. The van der Waals surface area contributed by atoms with E-state index in [0.29, 0.717) is 11.4 Å². The highest BCUT2D eigenvalue weighted by molar-refractivity contribution is 5.75. The summed E-state index contributed by atoms with van der Waals surface area (Å²) < 4.78 is 13.7. The predicted molar refractivity (Wildman–Crippen MR) is 70.0 cm³/mol. The van der Waals surface area contributed by atoms with Crippen molar-refractivity contribution >= 4 is 17.1 Å². The standard InChI is InChI=1S/C14H15FN2/c1-9-6-7-13(11(15)8-9)17-14-10(2)4-3-5-12(14)16/h3-8,17H,16H2,1-2H3. The quantitative estimate of drug-likeness (QED) is 0.771. The summed E-state index contributed by atoms with van der Waals surface area (Å²) in [6.07, 6.45) is 0. The molecular formula is C14H15FN2. The first-order chi connectivity index (χ1) is 8.08. The molecular weight excluding hydrogens is 215 g/mol. The van der Waals surface area contributed by atoms with Gasteiger partial charge in [0.05, 0.1) is 17.1 Å². The zero-order chi connectivity index (χ0) is 12.4. The van der Waals surface area contributed by atoms with Gasteiger partial charge < -0.3 is 11.1 Å². The monoisotopic (exact) mass is 230 g/mol. The Morgan fingerprint density at radius 2 is 1.88 bits per heavy atom. The maximum atomic E-state index is 13.7. The van der Waals surface area contributed by atoms with Gasteiger partial charge in [-0.2, -0.15) is 0 Å². The minimum atomic E-state index is -0.271. The molecule has 0 fully saturated rings. The van der Waals surface area contributed by atoms with Crippen LogP contribution in [0, 0.1) is 19.7 Å². The van der Waals surface area contributed by atoms with Crippen LogP contribution in [-0.4, -0.2) is 0 Å². The van der Waals surface area contributed by atoms with Crippen LogP contribution in [0.25, 0.3) is 0 Å². The average molecular weight is 230 g/mol. The van der Waals surface area contributed by atoms with Crippen molar-refractivity contribution in [3.05, 3.63) is 53.3 Å². The maximum Gasteiger partial charge on any atom is 0.146 e. The minimum Gasteiger partial charge on any atom is -0.397 e. The molecule has 0 spiro atoms. The van der Waals surface area contributed by atoms with Gasteiger partial charge in [0, 0.05) is 0 Å². The number of hydrogen-bond donors (Lipinski definition) is 2. The van der Waals surface area contributed by atoms with E-state index in [0.717, 1.165) is 16.8 Å². The molecule has 0 aliphatic heterocycles. The van der Waals surface area contributed by atoms with Crippen molar-refractivity contribution in [1.82, 2.24) is 0 Å². The number of nitrogens with one attached hydrogen (secondary N) is 1. The fraction of sp³-hybridized carbons (Fsp3) is 0.143. The van der Waals surface area contributed by atoms with Gasteiger partial charge in [0.1, 0.15) is 5.82 Å². The molecule has 3 heteroatoms. The molecule has 2 aromatic rings. The molecule has 2 aromatic carbocycles. The third kappa shape index (κ3) is 2.38. The number of para-hydroxylation sites is 1. The number of nitrogen functional groups attached to an aromatic ring is 1. The number of halogens is 1. The lowest BCUT2D eigenvalue weighted by molar-refractivity contribution is 0.631. The van der Waals surface area contributed by atoms with E-state index in [1.807, 2.05) is 32.0 Å². The second-order valence-corrected chi connectivity index (χ2v) is 4.15. The number of nitrogens with two attached hydrogens (primary N) is 1. The fourth-order valence-corrected chi connectivity index (χ4v) is 1.72. The van der Waals surface area contributed by atoms with Crippen LogP contribution in [0.15, 0.2) is 36.4 Å². The highest BCUT2D eigenvalue weighted by atomic mass is 19.1. The van der Waals surface area contributed by atoms with Crippen LogP contribution >= 0.6 is 0 Å². The Balaban J connectivity index is 2.38. The Kier molecular flexibility index (Phi) is 3.00. The van der Waals surface area contributed by atoms with Gasteiger partial charge in [0.25, 0.3) is 0 Å². The molecule has 0 saturated heterocycles. The smallest absolute Gasteiger partial charge is 0.146 e. The van der Waals surface area contributed by atoms with E-state index in [9.17, 15) is 4.39 Å². The van der Waals surface area contributed by atoms with E-state index in [-0.39, 0.29) is 5.82 Å². The SMILES string of the molecule is Cc1ccc(Nc2c(C)cccc2N)c(F)c1. The highest BCUT2D eigenvalue weighted by Gasteiger charge is 2.06. The molecule has 0 aliphatic rings. The van der Waals surface area contributed by atoms with Crippen molar-refractivity contribution in [2.75, 3.05) is 11.1 Å². The first kappa shape index (κ1) is 11.5. The van der Waals surface area contributed by atoms with Crippen LogP contribution in [0.5, 0.6) is 0 Å². The van der Waals surface area contributed by atoms with Gasteiger partial charge in [0.2, 0.25) is 0 Å². The van der Waals surface area contributed by atoms with Gasteiger partial charge >= 0.3 is 0 Å². The molecule has 0 amide bonds. The summed E-state index contributed by atoms with van der Waals surface area (Å²) in [4.78, 5) is 0. The van der Waals surface area contributed by atoms with Crippen LogP contribution < -0.4 is 11.1 Å². The van der Waals surface area contributed by atoms with E-state index in [1.165, 1.54) is 6.07 Å². The summed E-state index contributed by atoms with van der Waals surface area (Å²) in [5.74, 6) is -0.271. The summed E-state index contributed by atoms with van der Waals surface area (Å²) in [5, 5.41) is 3.04. The first-order valence-corrected chi connectivity index (χ1v) is 5.46. The lowest BCUT2D eigenvalue weighted by atomic mass is 10.1. The van der Waals surface area contributed by atoms with Crippen molar-refractivity contribution in [2.24, 2.45) is 0 Å². The van der Waals surface area contributed by atoms with Gasteiger partial charge in [-0.25, -0.2) is 4.39 Å². The van der Waals surface area contributed by atoms with Gasteiger partial charge in [-0.05, 0) is 43.2 Å². The summed E-state index contributed by atoms with van der Waals surface area (Å²) in [6.45, 7) is 3.79. The number of aryl methyl sites for hydroxylation is 2. The van der Waals surface area contributed by atoms with Crippen LogP contribution in [0.3, 0.4) is 0 Å². The lowest BCUT2D eigenvalue weighted by Crippen LogP contribution is -2.00. The largest absolute Gasteiger partial charge is 0.397 e. The summed E-state index contributed by atoms with van der Waals surface area (Å²) >= 11 is 0. The Labute approximate surface area is 100 Å². The van der Waals surface area contributed by atoms with E-state index >= 15 is 0 Å². The Morgan fingerprint density at radius 1 is 1.12 bits per heavy atom. The topological polar surface area (TPSA) is 38.0 Å². The molecule has 88 valence electrons. The van der Waals surface area contributed by atoms with Crippen molar-refractivity contribution in [2.45, 2.75) is 13.8 Å². The second kappa shape index (κ2) is 4.45. The number of anilines is 3. The molecule has 0 saturated carbocycles. The number of rotatable bonds is 2. The van der Waals surface area contributed by atoms with E-state index in [1.54, 1.807) is 12.1 Å². The molecule has 0 unspecified atom stereocenters. The molecule has 2 nitrogen and oxygen atoms in total. The second-order valence-electron chi connectivity index (χ2n) is 4.15. The molecule has 0 atom stereocenters. The van der Waals surface area contributed by atoms with Gasteiger partial charge in [-0.15, -0.1) is 0 Å². The zero-order valence-corrected chi connectivity index (χ0v) is 9.92. The normalized spacial score (nSPS) is 10.3. The van der Waals surface area contributed by atoms with Crippen LogP contribution in [0.1, 0.15) is 11.1 Å². The predicted octanol–water partition coefficient (Wildman–Crippen LogP) is 3.77. The summed E-state index contributed by atoms with van der Waals surface area (Å²) in [6, 6.07) is 10.7. The first-order valence-electron chi connectivity index (χ1n) is 5.46. The third-order valence-electron chi connectivity index (χ3n) is 2.69. The number of benzene rings is 2. The van der Waals surface area contributed by atoms with Crippen LogP contribution in [-0.2, 0) is 0 Å². The highest BCUT2D eigenvalue weighted by Crippen LogP contribution is 2.28. The molecule has 2 rings (SSSR count). The third-order valence-corrected chi connectivity index (χ3v) is 2.69. The van der Waals surface area contributed by atoms with Gasteiger partial charge in [-0.1, -0.05) is 18.2 Å². The van der Waals surface area contributed by atoms with Crippen molar-refractivity contribution in [3.63, 3.8) is 0 Å². The molecule has 0 aromatic heterocycles. The molecule has 0 radical (unpaired) electrons. The van der Waals surface area contributed by atoms with Crippen LogP contribution in [0.4, 0.5) is 21.5 Å². The van der Waals surface area contributed by atoms with Gasteiger partial charge in [0.15, 0.2) is 0 Å². The Morgan fingerprint density at radius 3 is 2.53 bits per heavy atom. The maximum absolute atomic E-state index is 13.7. The van der Waals surface area contributed by atoms with Crippen molar-refractivity contribution < 1.29 is 4.39 Å². The van der Waals surface area contributed by atoms with E-state index < -0.39 is 0 Å². The summed E-state index contributed by atoms with van der Waals surface area (Å²) in [5.41, 5.74) is 9.57. The molecule has 17 heavy (non-hydrogen) atoms. The number of hydrogen-bond acceptors (Lipinski definition) is 2. The van der Waals surface area contributed by atoms with Crippen LogP contribution in [0.2, 0.25) is 0 Å². The Bertz CT molecular complexity index is 530. The molecule has 0 heterocycles. The molecule has 0 aliphatic carbocycles. The van der Waals surface area contributed by atoms with Crippen molar-refractivity contribution in [3.8, 4) is 0 Å². The van der Waals surface area contributed by atoms with E-state index in [2.05, 4.69) is 5.32 Å². The molecule has 3 N–H and O–H groups in total. The lowest BCUT2D eigenvalue weighted by Gasteiger charge is -2.13. The van der Waals surface area contributed by atoms with Gasteiger partial charge in [-0.3, -0.25) is 0 Å². The fourth-order valence-electron chi connectivity index (χ4n) is 1.72. The average Bonchev–Trinajstić information content (AvgIpc) is 2.26. The zero-order valence-electron chi connectivity index (χ0n) is 9.92. The van der Waals surface area contributed by atoms with E-state index in [4.69, 9.17) is 5.73 Å². The summed E-state index contributed by atoms with van der Waals surface area (Å²) in [7, 11) is 0.